The van der Waals surface area contributed by atoms with Crippen molar-refractivity contribution in [3.05, 3.63) is 58.6 Å². The molecule has 0 radical (unpaired) electrons. The second-order valence-corrected chi connectivity index (χ2v) is 7.93. The number of nitrogens with one attached hydrogen (secondary N) is 2. The van der Waals surface area contributed by atoms with E-state index >= 15 is 0 Å². The number of hydrogen-bond acceptors (Lipinski definition) is 5. The topological polar surface area (TPSA) is 110 Å². The number of hydrogen-bond donors (Lipinski definition) is 2. The van der Waals surface area contributed by atoms with Crippen LogP contribution in [0.2, 0.25) is 0 Å². The Labute approximate surface area is 178 Å². The Morgan fingerprint density at radius 2 is 1.90 bits per heavy atom. The van der Waals surface area contributed by atoms with Crippen LogP contribution in [0.1, 0.15) is 37.8 Å². The summed E-state index contributed by atoms with van der Waals surface area (Å²) in [5.41, 5.74) is 1.60. The van der Waals surface area contributed by atoms with Gasteiger partial charge in [0.15, 0.2) is 5.65 Å². The lowest BCUT2D eigenvalue weighted by molar-refractivity contribution is -0.120. The molecule has 0 unspecified atom stereocenters. The van der Waals surface area contributed by atoms with E-state index in [-0.39, 0.29) is 23.3 Å². The van der Waals surface area contributed by atoms with E-state index in [2.05, 4.69) is 25.5 Å². The van der Waals surface area contributed by atoms with E-state index < -0.39 is 0 Å². The number of amides is 1. The van der Waals surface area contributed by atoms with Gasteiger partial charge in [0.05, 0.1) is 17.6 Å². The van der Waals surface area contributed by atoms with Gasteiger partial charge < -0.3 is 5.32 Å². The molecule has 1 saturated carbocycles. The largest absolute Gasteiger partial charge is 0.310 e. The van der Waals surface area contributed by atoms with Gasteiger partial charge in [-0.15, -0.1) is 0 Å². The van der Waals surface area contributed by atoms with Crippen molar-refractivity contribution in [3.8, 4) is 11.6 Å². The average Bonchev–Trinajstić information content (AvgIpc) is 3.38. The first kappa shape index (κ1) is 19.2. The summed E-state index contributed by atoms with van der Waals surface area (Å²) in [6.45, 7) is 1.83. The van der Waals surface area contributed by atoms with Gasteiger partial charge in [-0.3, -0.25) is 14.6 Å². The SMILES string of the molecule is Cc1cc(NC(=O)C2CCCCC2)n(-c2nc3c(cnn3-c3ccccc3)c(=O)[nH]2)n1. The second-order valence-electron chi connectivity index (χ2n) is 7.93. The summed E-state index contributed by atoms with van der Waals surface area (Å²) < 4.78 is 3.09. The smallest absolute Gasteiger partial charge is 0.263 e. The normalized spacial score (nSPS) is 14.7. The molecule has 1 fully saturated rings. The highest BCUT2D eigenvalue weighted by molar-refractivity contribution is 5.92. The van der Waals surface area contributed by atoms with Gasteiger partial charge in [-0.2, -0.15) is 19.9 Å². The number of H-pyrrole nitrogens is 1. The average molecular weight is 417 g/mol. The molecule has 9 nitrogen and oxygen atoms in total. The highest BCUT2D eigenvalue weighted by Gasteiger charge is 2.23. The van der Waals surface area contributed by atoms with Gasteiger partial charge >= 0.3 is 0 Å². The van der Waals surface area contributed by atoms with Crippen LogP contribution in [0.25, 0.3) is 22.7 Å². The molecule has 0 bridgehead atoms. The molecule has 1 aliphatic rings. The third kappa shape index (κ3) is 3.63. The lowest BCUT2D eigenvalue weighted by atomic mass is 9.89. The number of aromatic amines is 1. The molecule has 0 atom stereocenters. The van der Waals surface area contributed by atoms with Gasteiger partial charge in [-0.25, -0.2) is 4.68 Å². The first-order valence-electron chi connectivity index (χ1n) is 10.5. The fourth-order valence-corrected chi connectivity index (χ4v) is 4.11. The van der Waals surface area contributed by atoms with Crippen molar-refractivity contribution in [3.63, 3.8) is 0 Å². The van der Waals surface area contributed by atoms with E-state index in [1.807, 2.05) is 37.3 Å². The van der Waals surface area contributed by atoms with Gasteiger partial charge in [0.2, 0.25) is 11.9 Å². The fraction of sp³-hybridized carbons (Fsp3) is 0.318. The van der Waals surface area contributed by atoms with E-state index in [4.69, 9.17) is 0 Å². The summed E-state index contributed by atoms with van der Waals surface area (Å²) in [6.07, 6.45) is 6.63. The Kier molecular flexibility index (Phi) is 4.85. The Bertz CT molecular complexity index is 1300. The maximum Gasteiger partial charge on any atom is 0.263 e. The molecule has 1 aliphatic carbocycles. The predicted octanol–water partition coefficient (Wildman–Crippen LogP) is 3.12. The summed E-state index contributed by atoms with van der Waals surface area (Å²) >= 11 is 0. The second kappa shape index (κ2) is 7.82. The molecule has 1 aromatic carbocycles. The van der Waals surface area contributed by atoms with Crippen molar-refractivity contribution in [1.82, 2.24) is 29.5 Å². The summed E-state index contributed by atoms with van der Waals surface area (Å²) in [4.78, 5) is 32.9. The van der Waals surface area contributed by atoms with Crippen LogP contribution in [0.4, 0.5) is 5.82 Å². The summed E-state index contributed by atoms with van der Waals surface area (Å²) in [7, 11) is 0. The number of carbonyl (C=O) groups is 1. The highest BCUT2D eigenvalue weighted by atomic mass is 16.2. The van der Waals surface area contributed by atoms with Crippen molar-refractivity contribution in [2.24, 2.45) is 5.92 Å². The quantitative estimate of drug-likeness (QED) is 0.530. The van der Waals surface area contributed by atoms with Crippen molar-refractivity contribution >= 4 is 22.8 Å². The third-order valence-electron chi connectivity index (χ3n) is 5.69. The van der Waals surface area contributed by atoms with Crippen LogP contribution in [-0.2, 0) is 4.79 Å². The molecule has 4 aromatic rings. The van der Waals surface area contributed by atoms with Gasteiger partial charge in [0.25, 0.3) is 5.56 Å². The Morgan fingerprint density at radius 3 is 2.68 bits per heavy atom. The number of para-hydroxylation sites is 1. The zero-order valence-corrected chi connectivity index (χ0v) is 17.2. The zero-order chi connectivity index (χ0) is 21.4. The van der Waals surface area contributed by atoms with Crippen molar-refractivity contribution in [2.75, 3.05) is 5.32 Å². The van der Waals surface area contributed by atoms with E-state index in [0.29, 0.717) is 22.5 Å². The predicted molar refractivity (Wildman–Crippen MR) is 117 cm³/mol. The zero-order valence-electron chi connectivity index (χ0n) is 17.2. The number of aromatic nitrogens is 6. The van der Waals surface area contributed by atoms with E-state index in [1.54, 1.807) is 10.7 Å². The standard InChI is InChI=1S/C22H23N7O2/c1-14-12-18(24-20(30)15-8-4-2-5-9-15)29(27-14)22-25-19-17(21(31)26-22)13-23-28(19)16-10-6-3-7-11-16/h3,6-7,10-13,15H,2,4-5,8-9H2,1H3,(H,24,30)(H,25,26,31). The van der Waals surface area contributed by atoms with E-state index in [1.165, 1.54) is 17.3 Å². The van der Waals surface area contributed by atoms with Gasteiger partial charge in [0, 0.05) is 12.0 Å². The Hall–Kier alpha value is -3.75. The molecule has 0 aliphatic heterocycles. The van der Waals surface area contributed by atoms with Crippen LogP contribution >= 0.6 is 0 Å². The molecule has 0 spiro atoms. The summed E-state index contributed by atoms with van der Waals surface area (Å²) in [5, 5.41) is 12.1. The maximum absolute atomic E-state index is 12.8. The molecule has 9 heteroatoms. The van der Waals surface area contributed by atoms with Crippen LogP contribution in [0.5, 0.6) is 0 Å². The number of rotatable bonds is 4. The molecule has 31 heavy (non-hydrogen) atoms. The number of benzene rings is 1. The van der Waals surface area contributed by atoms with Crippen LogP contribution < -0.4 is 10.9 Å². The molecular formula is C22H23N7O2. The van der Waals surface area contributed by atoms with Gasteiger partial charge in [-0.1, -0.05) is 37.5 Å². The molecule has 0 saturated heterocycles. The van der Waals surface area contributed by atoms with Crippen LogP contribution in [0, 0.1) is 12.8 Å². The Balaban J connectivity index is 1.55. The van der Waals surface area contributed by atoms with Gasteiger partial charge in [-0.05, 0) is 31.9 Å². The van der Waals surface area contributed by atoms with Crippen LogP contribution in [-0.4, -0.2) is 35.4 Å². The molecule has 3 heterocycles. The summed E-state index contributed by atoms with van der Waals surface area (Å²) in [5.74, 6) is 0.702. The lowest BCUT2D eigenvalue weighted by Crippen LogP contribution is -2.26. The van der Waals surface area contributed by atoms with Crippen molar-refractivity contribution in [1.29, 1.82) is 0 Å². The third-order valence-corrected chi connectivity index (χ3v) is 5.69. The lowest BCUT2D eigenvalue weighted by Gasteiger charge is -2.20. The highest BCUT2D eigenvalue weighted by Crippen LogP contribution is 2.25. The Morgan fingerprint density at radius 1 is 1.13 bits per heavy atom. The molecule has 2 N–H and O–H groups in total. The minimum absolute atomic E-state index is 0.00593. The molecule has 158 valence electrons. The minimum atomic E-state index is -0.320. The molecule has 5 rings (SSSR count). The molecule has 3 aromatic heterocycles. The monoisotopic (exact) mass is 417 g/mol. The van der Waals surface area contributed by atoms with E-state index in [0.717, 1.165) is 31.4 Å². The molecule has 1 amide bonds. The van der Waals surface area contributed by atoms with Crippen molar-refractivity contribution < 1.29 is 4.79 Å². The number of aryl methyl sites for hydroxylation is 1. The first-order chi connectivity index (χ1) is 15.1. The minimum Gasteiger partial charge on any atom is -0.310 e. The number of anilines is 1. The van der Waals surface area contributed by atoms with Crippen LogP contribution in [0.15, 0.2) is 47.4 Å². The number of nitrogens with zero attached hydrogens (tertiary/aromatic N) is 5. The number of carbonyl (C=O) groups excluding carboxylic acids is 1. The number of fused-ring (bicyclic) bond motifs is 1. The maximum atomic E-state index is 12.8. The van der Waals surface area contributed by atoms with Crippen molar-refractivity contribution in [2.45, 2.75) is 39.0 Å². The van der Waals surface area contributed by atoms with E-state index in [9.17, 15) is 9.59 Å². The fourth-order valence-electron chi connectivity index (χ4n) is 4.11. The molecular weight excluding hydrogens is 394 g/mol. The van der Waals surface area contributed by atoms with Gasteiger partial charge in [0.1, 0.15) is 11.2 Å². The van der Waals surface area contributed by atoms with Crippen LogP contribution in [0.3, 0.4) is 0 Å². The first-order valence-corrected chi connectivity index (χ1v) is 10.5. The summed E-state index contributed by atoms with van der Waals surface area (Å²) in [6, 6.07) is 11.3.